The Morgan fingerprint density at radius 1 is 1.15 bits per heavy atom. The zero-order valence-corrected chi connectivity index (χ0v) is 11.6. The molecule has 0 rings (SSSR count). The van der Waals surface area contributed by atoms with Crippen molar-refractivity contribution in [3.8, 4) is 0 Å². The molecule has 0 radical (unpaired) electrons. The number of primary amides is 1. The highest BCUT2D eigenvalue weighted by molar-refractivity contribution is 8.01. The molecule has 0 spiro atoms. The van der Waals surface area contributed by atoms with Crippen LogP contribution >= 0.6 is 11.8 Å². The highest BCUT2D eigenvalue weighted by Crippen LogP contribution is 2.35. The van der Waals surface area contributed by atoms with Crippen LogP contribution in [0.5, 0.6) is 0 Å². The predicted octanol–water partition coefficient (Wildman–Crippen LogP) is 3.64. The summed E-state index contributed by atoms with van der Waals surface area (Å²) >= 11 is 0.330. The molecule has 0 fully saturated rings. The van der Waals surface area contributed by atoms with Gasteiger partial charge in [0.1, 0.15) is 0 Å². The Morgan fingerprint density at radius 2 is 1.70 bits per heavy atom. The van der Waals surface area contributed by atoms with Gasteiger partial charge < -0.3 is 5.73 Å². The molecule has 0 aliphatic rings. The molecule has 0 heterocycles. The second-order valence-electron chi connectivity index (χ2n) is 3.84. The monoisotopic (exact) mass is 319 g/mol. The van der Waals surface area contributed by atoms with Gasteiger partial charge in [-0.25, -0.2) is 4.39 Å². The number of hydrogen-bond acceptors (Lipinski definition) is 4. The molecule has 0 aliphatic heterocycles. The number of hydrogen-bond donors (Lipinski definition) is 1. The lowest BCUT2D eigenvalue weighted by Crippen LogP contribution is -2.37. The molecule has 9 heteroatoms. The van der Waals surface area contributed by atoms with E-state index in [1.807, 2.05) is 0 Å². The molecule has 0 saturated heterocycles. The van der Waals surface area contributed by atoms with Crippen molar-refractivity contribution in [3.05, 3.63) is 22.6 Å². The minimum Gasteiger partial charge on any atom is -0.366 e. The van der Waals surface area contributed by atoms with Gasteiger partial charge in [-0.3, -0.25) is 4.79 Å². The van der Waals surface area contributed by atoms with E-state index in [0.717, 1.165) is 0 Å². The minimum absolute atomic E-state index is 0.168. The third-order valence-corrected chi connectivity index (χ3v) is 3.51. The van der Waals surface area contributed by atoms with Gasteiger partial charge in [0.05, 0.1) is 6.42 Å². The Hall–Kier alpha value is -1.12. The van der Waals surface area contributed by atoms with Crippen LogP contribution in [0, 0.1) is 9.93 Å². The van der Waals surface area contributed by atoms with Gasteiger partial charge in [0.2, 0.25) is 5.00 Å². The topological polar surface area (TPSA) is 77.2 Å². The fraction of sp³-hybridized carbons (Fsp3) is 0.727. The molecule has 1 unspecified atom stereocenters. The fourth-order valence-electron chi connectivity index (χ4n) is 1.24. The van der Waals surface area contributed by atoms with Crippen LogP contribution < -0.4 is 5.73 Å². The molecule has 20 heavy (non-hydrogen) atoms. The van der Waals surface area contributed by atoms with Gasteiger partial charge in [0.25, 0.3) is 5.91 Å². The fourth-order valence-corrected chi connectivity index (χ4v) is 2.32. The molecule has 0 aromatic rings. The number of unbranched alkanes of at least 4 members (excludes halogenated alkanes) is 2. The van der Waals surface area contributed by atoms with E-state index in [2.05, 4.69) is 6.58 Å². The van der Waals surface area contributed by atoms with Crippen LogP contribution in [0.2, 0.25) is 0 Å². The van der Waals surface area contributed by atoms with E-state index in [1.165, 1.54) is 0 Å². The molecule has 0 aromatic heterocycles. The molecule has 1 atom stereocenters. The van der Waals surface area contributed by atoms with Gasteiger partial charge in [-0.1, -0.05) is 6.08 Å². The van der Waals surface area contributed by atoms with E-state index in [0.29, 0.717) is 31.0 Å². The van der Waals surface area contributed by atoms with Crippen LogP contribution in [0.3, 0.4) is 0 Å². The summed E-state index contributed by atoms with van der Waals surface area (Å²) < 4.78 is 49.8. The quantitative estimate of drug-likeness (QED) is 0.400. The number of carbonyl (C=O) groups excluding carboxylic acids is 1. The average Bonchev–Trinajstić information content (AvgIpc) is 2.35. The van der Waals surface area contributed by atoms with Gasteiger partial charge in [0.15, 0.2) is 0 Å². The Balaban J connectivity index is 0. The number of amides is 1. The third-order valence-electron chi connectivity index (χ3n) is 2.24. The zero-order chi connectivity index (χ0) is 16.2. The first-order chi connectivity index (χ1) is 9.21. The summed E-state index contributed by atoms with van der Waals surface area (Å²) in [5, 5.41) is -2.41. The highest BCUT2D eigenvalue weighted by atomic mass is 32.2. The van der Waals surface area contributed by atoms with Crippen molar-refractivity contribution < 1.29 is 22.4 Å². The van der Waals surface area contributed by atoms with Crippen molar-refractivity contribution >= 4 is 17.7 Å². The molecular formula is C11H17F4NO3S. The number of rotatable bonds is 9. The van der Waals surface area contributed by atoms with Crippen molar-refractivity contribution in [3.63, 3.8) is 0 Å². The lowest BCUT2D eigenvalue weighted by atomic mass is 10.1. The summed E-state index contributed by atoms with van der Waals surface area (Å²) in [5.41, 5.74) is 4.90. The van der Waals surface area contributed by atoms with E-state index in [4.69, 9.17) is 15.7 Å². The van der Waals surface area contributed by atoms with Gasteiger partial charge in [-0.2, -0.15) is 13.2 Å². The minimum atomic E-state index is -4.35. The molecule has 118 valence electrons. The molecule has 1 amide bonds. The smallest absolute Gasteiger partial charge is 0.366 e. The van der Waals surface area contributed by atoms with Crippen molar-refractivity contribution in [2.45, 2.75) is 43.3 Å². The molecule has 2 N–H and O–H groups in total. The molecule has 0 saturated carbocycles. The first-order valence-corrected chi connectivity index (χ1v) is 6.67. The summed E-state index contributed by atoms with van der Waals surface area (Å²) in [7, 11) is 0. The summed E-state index contributed by atoms with van der Waals surface area (Å²) in [6.07, 6.45) is -2.33. The van der Waals surface area contributed by atoms with E-state index in [9.17, 15) is 22.4 Å². The van der Waals surface area contributed by atoms with Crippen molar-refractivity contribution in [1.29, 1.82) is 0 Å². The predicted molar refractivity (Wildman–Crippen MR) is 71.6 cm³/mol. The Bertz CT molecular complexity index is 302. The molecule has 0 bridgehead atoms. The number of thioether (sulfide) groups is 1. The van der Waals surface area contributed by atoms with Gasteiger partial charge in [0, 0.05) is 22.1 Å². The first kappa shape index (κ1) is 21.2. The largest absolute Gasteiger partial charge is 0.389 e. The summed E-state index contributed by atoms with van der Waals surface area (Å²) in [5.74, 6) is -1.72. The number of nitrogens with two attached hydrogens (primary N) is 1. The molecule has 0 aliphatic carbocycles. The Morgan fingerprint density at radius 3 is 2.10 bits per heavy atom. The van der Waals surface area contributed by atoms with Crippen LogP contribution in [0.4, 0.5) is 17.6 Å². The van der Waals surface area contributed by atoms with Gasteiger partial charge in [-0.05, 0) is 19.3 Å². The summed E-state index contributed by atoms with van der Waals surface area (Å²) in [6, 6.07) is 0. The van der Waals surface area contributed by atoms with Crippen LogP contribution in [0.15, 0.2) is 12.7 Å². The van der Waals surface area contributed by atoms with E-state index in [1.54, 1.807) is 6.08 Å². The normalized spacial score (nSPS) is 13.8. The standard InChI is InChI=1S/C11H17F4NOS.O2/c1-2-3-4-5-6-10(12,9(16)17)18-8-7-11(13,14)15;1-2/h2H,1,3-8H2,(H2,16,17);. The van der Waals surface area contributed by atoms with E-state index in [-0.39, 0.29) is 6.42 Å². The molecular weight excluding hydrogens is 302 g/mol. The van der Waals surface area contributed by atoms with Crippen LogP contribution in [0.1, 0.15) is 32.1 Å². The average molecular weight is 319 g/mol. The SMILES string of the molecule is C=CCCCCC(F)(SCCC(F)(F)F)C(N)=O.O=O. The first-order valence-electron chi connectivity index (χ1n) is 5.68. The molecule has 0 aromatic carbocycles. The second kappa shape index (κ2) is 10.6. The number of allylic oxidation sites excluding steroid dienone is 1. The Labute approximate surface area is 118 Å². The zero-order valence-electron chi connectivity index (χ0n) is 10.7. The van der Waals surface area contributed by atoms with Crippen LogP contribution in [-0.4, -0.2) is 22.8 Å². The van der Waals surface area contributed by atoms with Gasteiger partial charge >= 0.3 is 6.18 Å². The Kier molecular flexibility index (Phi) is 11.3. The maximum atomic E-state index is 14.0. The van der Waals surface area contributed by atoms with Crippen molar-refractivity contribution in [2.24, 2.45) is 5.73 Å². The third kappa shape index (κ3) is 10.8. The summed E-state index contributed by atoms with van der Waals surface area (Å²) in [4.78, 5) is 25.0. The lowest BCUT2D eigenvalue weighted by molar-refractivity contribution is -0.130. The van der Waals surface area contributed by atoms with Gasteiger partial charge in [-0.15, -0.1) is 18.3 Å². The molecule has 4 nitrogen and oxygen atoms in total. The van der Waals surface area contributed by atoms with Crippen LogP contribution in [0.25, 0.3) is 0 Å². The van der Waals surface area contributed by atoms with E-state index < -0.39 is 29.3 Å². The second-order valence-corrected chi connectivity index (χ2v) is 5.18. The maximum Gasteiger partial charge on any atom is 0.389 e. The number of alkyl halides is 4. The van der Waals surface area contributed by atoms with E-state index >= 15 is 0 Å². The maximum absolute atomic E-state index is 14.0. The summed E-state index contributed by atoms with van der Waals surface area (Å²) in [6.45, 7) is 3.49. The highest BCUT2D eigenvalue weighted by Gasteiger charge is 2.38. The van der Waals surface area contributed by atoms with Crippen molar-refractivity contribution in [1.82, 2.24) is 0 Å². The van der Waals surface area contributed by atoms with Crippen molar-refractivity contribution in [2.75, 3.05) is 5.75 Å². The number of halogens is 4. The number of carbonyl (C=O) groups is 1. The lowest BCUT2D eigenvalue weighted by Gasteiger charge is -2.21. The van der Waals surface area contributed by atoms with Crippen LogP contribution in [-0.2, 0) is 4.79 Å².